The van der Waals surface area contributed by atoms with Crippen LogP contribution in [0.5, 0.6) is 0 Å². The Morgan fingerprint density at radius 2 is 1.81 bits per heavy atom. The first-order valence-corrected chi connectivity index (χ1v) is 10.5. The Morgan fingerprint density at radius 3 is 2.52 bits per heavy atom. The minimum absolute atomic E-state index is 0. The zero-order valence-corrected chi connectivity index (χ0v) is 16.5. The molecule has 148 valence electrons. The summed E-state index contributed by atoms with van der Waals surface area (Å²) in [5, 5.41) is 11.9. The van der Waals surface area contributed by atoms with E-state index in [9.17, 15) is 12.8 Å². The van der Waals surface area contributed by atoms with Gasteiger partial charge in [-0.15, -0.1) is 22.6 Å². The average Bonchev–Trinajstić information content (AvgIpc) is 3.08. The Morgan fingerprint density at radius 1 is 1.11 bits per heavy atom. The highest BCUT2D eigenvalue weighted by Crippen LogP contribution is 2.29. The number of rotatable bonds is 4. The van der Waals surface area contributed by atoms with Crippen molar-refractivity contribution in [1.82, 2.24) is 24.4 Å². The van der Waals surface area contributed by atoms with Crippen molar-refractivity contribution in [2.24, 2.45) is 0 Å². The maximum Gasteiger partial charge on any atom is 0.218 e. The molecule has 0 unspecified atom stereocenters. The maximum absolute atomic E-state index is 13.0. The highest BCUT2D eigenvalue weighted by molar-refractivity contribution is 7.88. The number of aromatic nitrogens is 3. The Kier molecular flexibility index (Phi) is 6.15. The van der Waals surface area contributed by atoms with E-state index in [1.807, 2.05) is 0 Å². The third-order valence-corrected chi connectivity index (χ3v) is 6.98. The molecule has 7 nitrogen and oxygen atoms in total. The van der Waals surface area contributed by atoms with Crippen LogP contribution in [-0.2, 0) is 28.9 Å². The number of nitrogens with zero attached hydrogens (tertiary/aromatic N) is 4. The van der Waals surface area contributed by atoms with Crippen molar-refractivity contribution in [3.8, 4) is 0 Å². The molecule has 10 heteroatoms. The molecule has 2 aliphatic rings. The summed E-state index contributed by atoms with van der Waals surface area (Å²) in [6.07, 6.45) is 1.49. The summed E-state index contributed by atoms with van der Waals surface area (Å²) in [5.74, 6) is 1.73. The van der Waals surface area contributed by atoms with Gasteiger partial charge >= 0.3 is 0 Å². The minimum atomic E-state index is -3.40. The molecule has 2 aromatic rings. The molecule has 0 radical (unpaired) electrons. The summed E-state index contributed by atoms with van der Waals surface area (Å²) < 4.78 is 42.0. The molecule has 1 aromatic heterocycles. The molecule has 0 spiro atoms. The monoisotopic (exact) mass is 415 g/mol. The van der Waals surface area contributed by atoms with E-state index in [4.69, 9.17) is 0 Å². The van der Waals surface area contributed by atoms with Crippen molar-refractivity contribution in [1.29, 1.82) is 0 Å². The van der Waals surface area contributed by atoms with Gasteiger partial charge in [0.2, 0.25) is 10.0 Å². The first-order valence-electron chi connectivity index (χ1n) is 8.88. The predicted molar refractivity (Wildman–Crippen MR) is 102 cm³/mol. The lowest BCUT2D eigenvalue weighted by molar-refractivity contribution is 0.306. The standard InChI is InChI=1S/C17H22FN5O2S.ClH/c18-15-3-1-13(2-4-15)12-26(24,25)22-8-5-14(6-9-22)17-21-20-16-11-19-7-10-23(16)17;/h1-4,14,19H,5-12H2;1H. The van der Waals surface area contributed by atoms with Crippen LogP contribution in [0.25, 0.3) is 0 Å². The minimum Gasteiger partial charge on any atom is -0.312 e. The molecule has 1 fully saturated rings. The summed E-state index contributed by atoms with van der Waals surface area (Å²) in [4.78, 5) is 0. The van der Waals surface area contributed by atoms with E-state index in [1.54, 1.807) is 4.31 Å². The molecule has 1 N–H and O–H groups in total. The van der Waals surface area contributed by atoms with Crippen molar-refractivity contribution >= 4 is 22.4 Å². The van der Waals surface area contributed by atoms with Gasteiger partial charge in [-0.1, -0.05) is 12.1 Å². The zero-order valence-electron chi connectivity index (χ0n) is 14.8. The molecule has 1 saturated heterocycles. The van der Waals surface area contributed by atoms with Crippen molar-refractivity contribution in [3.63, 3.8) is 0 Å². The van der Waals surface area contributed by atoms with E-state index in [0.717, 1.165) is 44.1 Å². The first-order chi connectivity index (χ1) is 12.5. The number of sulfonamides is 1. The van der Waals surface area contributed by atoms with Crippen LogP contribution in [0.1, 0.15) is 36.0 Å². The Labute approximate surface area is 164 Å². The largest absolute Gasteiger partial charge is 0.312 e. The smallest absolute Gasteiger partial charge is 0.218 e. The van der Waals surface area contributed by atoms with E-state index in [1.165, 1.54) is 24.3 Å². The van der Waals surface area contributed by atoms with Gasteiger partial charge in [0, 0.05) is 32.1 Å². The van der Waals surface area contributed by atoms with Crippen LogP contribution >= 0.6 is 12.4 Å². The van der Waals surface area contributed by atoms with Gasteiger partial charge in [-0.3, -0.25) is 0 Å². The average molecular weight is 416 g/mol. The van der Waals surface area contributed by atoms with E-state index < -0.39 is 10.0 Å². The molecule has 0 amide bonds. The van der Waals surface area contributed by atoms with Crippen molar-refractivity contribution < 1.29 is 12.8 Å². The molecule has 4 rings (SSSR count). The second kappa shape index (κ2) is 8.22. The molecule has 0 aliphatic carbocycles. The highest BCUT2D eigenvalue weighted by Gasteiger charge is 2.31. The Hall–Kier alpha value is -1.55. The molecule has 0 saturated carbocycles. The van der Waals surface area contributed by atoms with E-state index >= 15 is 0 Å². The molecule has 1 aromatic carbocycles. The second-order valence-corrected chi connectivity index (χ2v) is 8.83. The van der Waals surface area contributed by atoms with Gasteiger partial charge in [0.25, 0.3) is 0 Å². The van der Waals surface area contributed by atoms with Gasteiger partial charge in [0.15, 0.2) is 0 Å². The summed E-state index contributed by atoms with van der Waals surface area (Å²) in [5.41, 5.74) is 0.604. The van der Waals surface area contributed by atoms with Gasteiger partial charge < -0.3 is 9.88 Å². The van der Waals surface area contributed by atoms with Crippen molar-refractivity contribution in [3.05, 3.63) is 47.3 Å². The number of hydrogen-bond acceptors (Lipinski definition) is 5. The van der Waals surface area contributed by atoms with Crippen LogP contribution in [-0.4, -0.2) is 47.1 Å². The summed E-state index contributed by atoms with van der Waals surface area (Å²) in [6.45, 7) is 3.46. The summed E-state index contributed by atoms with van der Waals surface area (Å²) in [6, 6.07) is 5.63. The second-order valence-electron chi connectivity index (χ2n) is 6.86. The molecular formula is C17H23ClFN5O2S. The molecule has 0 bridgehead atoms. The number of fused-ring (bicyclic) bond motifs is 1. The van der Waals surface area contributed by atoms with Gasteiger partial charge in [-0.2, -0.15) is 0 Å². The van der Waals surface area contributed by atoms with Gasteiger partial charge in [0.1, 0.15) is 17.5 Å². The lowest BCUT2D eigenvalue weighted by Gasteiger charge is -2.31. The van der Waals surface area contributed by atoms with Crippen LogP contribution < -0.4 is 5.32 Å². The fourth-order valence-electron chi connectivity index (χ4n) is 3.69. The SMILES string of the molecule is Cl.O=S(=O)(Cc1ccc(F)cc1)N1CCC(c2nnc3n2CCNC3)CC1. The van der Waals surface area contributed by atoms with Gasteiger partial charge in [0.05, 0.1) is 12.3 Å². The lowest BCUT2D eigenvalue weighted by atomic mass is 9.97. The maximum atomic E-state index is 13.0. The third kappa shape index (κ3) is 4.31. The van der Waals surface area contributed by atoms with E-state index in [-0.39, 0.29) is 29.9 Å². The first kappa shape index (κ1) is 20.2. The summed E-state index contributed by atoms with van der Waals surface area (Å²) in [7, 11) is -3.40. The van der Waals surface area contributed by atoms with Crippen LogP contribution in [0.4, 0.5) is 4.39 Å². The molecule has 0 atom stereocenters. The summed E-state index contributed by atoms with van der Waals surface area (Å²) >= 11 is 0. The Balaban J connectivity index is 0.00000210. The number of benzene rings is 1. The van der Waals surface area contributed by atoms with Crippen molar-refractivity contribution in [2.75, 3.05) is 19.6 Å². The normalized spacial score (nSPS) is 18.7. The Bertz CT molecular complexity index is 879. The van der Waals surface area contributed by atoms with Crippen LogP contribution in [0.15, 0.2) is 24.3 Å². The van der Waals surface area contributed by atoms with Gasteiger partial charge in [-0.05, 0) is 30.5 Å². The molecule has 27 heavy (non-hydrogen) atoms. The number of hydrogen-bond donors (Lipinski definition) is 1. The van der Waals surface area contributed by atoms with E-state index in [0.29, 0.717) is 18.7 Å². The van der Waals surface area contributed by atoms with Gasteiger partial charge in [-0.25, -0.2) is 17.1 Å². The quantitative estimate of drug-likeness (QED) is 0.821. The fraction of sp³-hybridized carbons (Fsp3) is 0.529. The van der Waals surface area contributed by atoms with Crippen LogP contribution in [0, 0.1) is 5.82 Å². The number of halogens is 2. The van der Waals surface area contributed by atoms with Crippen LogP contribution in [0.3, 0.4) is 0 Å². The molecular weight excluding hydrogens is 393 g/mol. The zero-order chi connectivity index (χ0) is 18.1. The topological polar surface area (TPSA) is 80.1 Å². The lowest BCUT2D eigenvalue weighted by Crippen LogP contribution is -2.39. The van der Waals surface area contributed by atoms with Crippen molar-refractivity contribution in [2.45, 2.75) is 37.6 Å². The molecule has 2 aliphatic heterocycles. The van der Waals surface area contributed by atoms with Crippen LogP contribution in [0.2, 0.25) is 0 Å². The number of nitrogens with one attached hydrogen (secondary N) is 1. The predicted octanol–water partition coefficient (Wildman–Crippen LogP) is 1.65. The highest BCUT2D eigenvalue weighted by atomic mass is 35.5. The molecule has 3 heterocycles. The third-order valence-electron chi connectivity index (χ3n) is 5.13. The number of piperidine rings is 1. The fourth-order valence-corrected chi connectivity index (χ4v) is 5.25. The van der Waals surface area contributed by atoms with E-state index in [2.05, 4.69) is 20.1 Å².